The SMILES string of the molecule is CC1CN(CCC[O-])CC(C)O1.[K+]. The van der Waals surface area contributed by atoms with Gasteiger partial charge in [0.2, 0.25) is 0 Å². The smallest absolute Gasteiger partial charge is 0.854 e. The predicted molar refractivity (Wildman–Crippen MR) is 45.9 cm³/mol. The zero-order valence-electron chi connectivity index (χ0n) is 8.95. The van der Waals surface area contributed by atoms with Crippen LogP contribution < -0.4 is 56.5 Å². The van der Waals surface area contributed by atoms with Crippen LogP contribution in [0.2, 0.25) is 0 Å². The molecule has 2 unspecified atom stereocenters. The first-order chi connectivity index (χ1) is 5.72. The topological polar surface area (TPSA) is 35.5 Å². The Balaban J connectivity index is 0.00000144. The van der Waals surface area contributed by atoms with Crippen LogP contribution in [0.3, 0.4) is 0 Å². The van der Waals surface area contributed by atoms with Crippen molar-refractivity contribution in [3.05, 3.63) is 0 Å². The van der Waals surface area contributed by atoms with Crippen molar-refractivity contribution in [2.24, 2.45) is 0 Å². The molecule has 0 aromatic heterocycles. The van der Waals surface area contributed by atoms with Crippen LogP contribution in [0.4, 0.5) is 0 Å². The summed E-state index contributed by atoms with van der Waals surface area (Å²) < 4.78 is 5.58. The fourth-order valence-electron chi connectivity index (χ4n) is 1.76. The summed E-state index contributed by atoms with van der Waals surface area (Å²) in [5.74, 6) is 0. The second-order valence-corrected chi connectivity index (χ2v) is 3.57. The maximum Gasteiger partial charge on any atom is 1.00 e. The molecular weight excluding hydrogens is 193 g/mol. The zero-order chi connectivity index (χ0) is 8.97. The van der Waals surface area contributed by atoms with Crippen molar-refractivity contribution in [1.29, 1.82) is 0 Å². The molecule has 1 fully saturated rings. The summed E-state index contributed by atoms with van der Waals surface area (Å²) >= 11 is 0. The average molecular weight is 211 g/mol. The van der Waals surface area contributed by atoms with Gasteiger partial charge in [-0.3, -0.25) is 4.90 Å². The van der Waals surface area contributed by atoms with E-state index in [0.717, 1.165) is 26.1 Å². The molecule has 1 rings (SSSR count). The second kappa shape index (κ2) is 7.76. The van der Waals surface area contributed by atoms with E-state index in [9.17, 15) is 5.11 Å². The molecule has 0 saturated carbocycles. The minimum Gasteiger partial charge on any atom is -0.854 e. The van der Waals surface area contributed by atoms with Crippen LogP contribution in [0.1, 0.15) is 20.3 Å². The van der Waals surface area contributed by atoms with Crippen molar-refractivity contribution < 1.29 is 61.2 Å². The van der Waals surface area contributed by atoms with Gasteiger partial charge in [-0.2, -0.15) is 0 Å². The Morgan fingerprint density at radius 1 is 1.31 bits per heavy atom. The number of hydrogen-bond acceptors (Lipinski definition) is 3. The summed E-state index contributed by atoms with van der Waals surface area (Å²) in [4.78, 5) is 2.32. The average Bonchev–Trinajstić information content (AvgIpc) is 1.99. The second-order valence-electron chi connectivity index (χ2n) is 3.57. The van der Waals surface area contributed by atoms with Crippen molar-refractivity contribution in [2.45, 2.75) is 32.5 Å². The number of hydrogen-bond donors (Lipinski definition) is 0. The summed E-state index contributed by atoms with van der Waals surface area (Å²) in [6.45, 7) is 7.09. The number of ether oxygens (including phenoxy) is 1. The Morgan fingerprint density at radius 2 is 1.85 bits per heavy atom. The number of morpholine rings is 1. The van der Waals surface area contributed by atoms with Gasteiger partial charge in [0.25, 0.3) is 0 Å². The molecule has 3 nitrogen and oxygen atoms in total. The quantitative estimate of drug-likeness (QED) is 0.463. The molecule has 0 bridgehead atoms. The molecule has 1 aliphatic rings. The van der Waals surface area contributed by atoms with Crippen LogP contribution in [0.15, 0.2) is 0 Å². The standard InChI is InChI=1S/C9H18NO2.K/c1-8-6-10(4-3-5-11)7-9(2)12-8;/h8-9H,3-7H2,1-2H3;/q-1;+1. The van der Waals surface area contributed by atoms with Crippen LogP contribution in [-0.2, 0) is 4.74 Å². The van der Waals surface area contributed by atoms with Gasteiger partial charge in [0.15, 0.2) is 0 Å². The molecule has 0 aromatic rings. The molecular formula is C9H18KNO2. The summed E-state index contributed by atoms with van der Waals surface area (Å²) in [5, 5.41) is 10.3. The van der Waals surface area contributed by atoms with Crippen LogP contribution in [0, 0.1) is 0 Å². The molecule has 0 spiro atoms. The maximum atomic E-state index is 10.3. The first-order valence-corrected chi connectivity index (χ1v) is 4.68. The van der Waals surface area contributed by atoms with Crippen LogP contribution in [-0.4, -0.2) is 43.3 Å². The Morgan fingerprint density at radius 3 is 2.31 bits per heavy atom. The minimum absolute atomic E-state index is 0. The first-order valence-electron chi connectivity index (χ1n) is 4.68. The summed E-state index contributed by atoms with van der Waals surface area (Å²) in [6, 6.07) is 0. The molecule has 1 aliphatic heterocycles. The summed E-state index contributed by atoms with van der Waals surface area (Å²) in [7, 11) is 0. The van der Waals surface area contributed by atoms with E-state index < -0.39 is 0 Å². The van der Waals surface area contributed by atoms with E-state index >= 15 is 0 Å². The monoisotopic (exact) mass is 211 g/mol. The molecule has 0 aliphatic carbocycles. The van der Waals surface area contributed by atoms with E-state index in [-0.39, 0.29) is 58.0 Å². The van der Waals surface area contributed by atoms with Gasteiger partial charge in [-0.25, -0.2) is 0 Å². The van der Waals surface area contributed by atoms with Crippen molar-refractivity contribution in [3.63, 3.8) is 0 Å². The van der Waals surface area contributed by atoms with Gasteiger partial charge in [-0.05, 0) is 20.4 Å². The van der Waals surface area contributed by atoms with Gasteiger partial charge in [-0.15, -0.1) is 6.61 Å². The molecule has 4 heteroatoms. The van der Waals surface area contributed by atoms with Crippen molar-refractivity contribution in [2.75, 3.05) is 26.2 Å². The third-order valence-corrected chi connectivity index (χ3v) is 2.11. The Hall–Kier alpha value is 1.52. The molecule has 2 atom stereocenters. The molecule has 0 amide bonds. The Kier molecular flexibility index (Phi) is 8.67. The van der Waals surface area contributed by atoms with Gasteiger partial charge in [0.1, 0.15) is 0 Å². The van der Waals surface area contributed by atoms with Crippen LogP contribution >= 0.6 is 0 Å². The fourth-order valence-corrected chi connectivity index (χ4v) is 1.76. The number of nitrogens with zero attached hydrogens (tertiary/aromatic N) is 1. The van der Waals surface area contributed by atoms with E-state index in [2.05, 4.69) is 18.7 Å². The van der Waals surface area contributed by atoms with E-state index in [1.54, 1.807) is 0 Å². The van der Waals surface area contributed by atoms with E-state index in [4.69, 9.17) is 4.74 Å². The molecule has 0 N–H and O–H groups in total. The minimum atomic E-state index is 0. The molecule has 1 heterocycles. The largest absolute Gasteiger partial charge is 1.00 e. The van der Waals surface area contributed by atoms with Crippen LogP contribution in [0.5, 0.6) is 0 Å². The molecule has 72 valence electrons. The normalized spacial score (nSPS) is 29.8. The summed E-state index contributed by atoms with van der Waals surface area (Å²) in [5.41, 5.74) is 0. The van der Waals surface area contributed by atoms with Crippen molar-refractivity contribution in [3.8, 4) is 0 Å². The Bertz CT molecular complexity index is 125. The molecule has 1 saturated heterocycles. The van der Waals surface area contributed by atoms with Gasteiger partial charge in [0, 0.05) is 13.1 Å². The Labute approximate surface area is 123 Å². The first kappa shape index (κ1) is 14.5. The summed E-state index contributed by atoms with van der Waals surface area (Å²) in [6.07, 6.45) is 1.40. The molecule has 0 radical (unpaired) electrons. The van der Waals surface area contributed by atoms with E-state index in [1.807, 2.05) is 0 Å². The van der Waals surface area contributed by atoms with Gasteiger partial charge < -0.3 is 9.84 Å². The van der Waals surface area contributed by atoms with Crippen molar-refractivity contribution >= 4 is 0 Å². The van der Waals surface area contributed by atoms with E-state index in [0.29, 0.717) is 12.2 Å². The van der Waals surface area contributed by atoms with Crippen LogP contribution in [0.25, 0.3) is 0 Å². The number of rotatable bonds is 3. The fraction of sp³-hybridized carbons (Fsp3) is 1.00. The molecule has 0 aromatic carbocycles. The maximum absolute atomic E-state index is 10.3. The third kappa shape index (κ3) is 5.84. The van der Waals surface area contributed by atoms with Gasteiger partial charge in [-0.1, -0.05) is 6.42 Å². The van der Waals surface area contributed by atoms with Crippen molar-refractivity contribution in [1.82, 2.24) is 4.90 Å². The predicted octanol–water partition coefficient (Wildman–Crippen LogP) is -3.15. The zero-order valence-corrected chi connectivity index (χ0v) is 12.1. The van der Waals surface area contributed by atoms with Gasteiger partial charge >= 0.3 is 51.4 Å². The molecule has 13 heavy (non-hydrogen) atoms. The van der Waals surface area contributed by atoms with E-state index in [1.165, 1.54) is 0 Å². The van der Waals surface area contributed by atoms with Gasteiger partial charge in [0.05, 0.1) is 12.2 Å². The third-order valence-electron chi connectivity index (χ3n) is 2.11.